The topological polar surface area (TPSA) is 129 Å². The van der Waals surface area contributed by atoms with Gasteiger partial charge in [-0.2, -0.15) is 9.61 Å². The average molecular weight is 497 g/mol. The van der Waals surface area contributed by atoms with Gasteiger partial charge in [0, 0.05) is 30.1 Å². The van der Waals surface area contributed by atoms with Crippen molar-refractivity contribution >= 4 is 40.5 Å². The van der Waals surface area contributed by atoms with E-state index < -0.39 is 10.0 Å². The molecule has 9 nitrogen and oxygen atoms in total. The number of nitrogens with zero attached hydrogens (tertiary/aromatic N) is 3. The third-order valence-electron chi connectivity index (χ3n) is 5.51. The summed E-state index contributed by atoms with van der Waals surface area (Å²) in [6.07, 6.45) is 1.51. The maximum Gasteiger partial charge on any atom is 0.265 e. The molecule has 5 rings (SSSR count). The number of sulfonamides is 1. The summed E-state index contributed by atoms with van der Waals surface area (Å²) in [5, 5.41) is 27.7. The van der Waals surface area contributed by atoms with Gasteiger partial charge in [0.25, 0.3) is 10.0 Å². The Morgan fingerprint density at radius 3 is 2.33 bits per heavy atom. The predicted molar refractivity (Wildman–Crippen MR) is 138 cm³/mol. The van der Waals surface area contributed by atoms with Crippen molar-refractivity contribution in [2.45, 2.75) is 11.4 Å². The van der Waals surface area contributed by atoms with Crippen molar-refractivity contribution in [1.82, 2.24) is 14.6 Å². The molecule has 0 fully saturated rings. The third-order valence-corrected chi connectivity index (χ3v) is 6.94. The molecule has 0 aliphatic carbocycles. The highest BCUT2D eigenvalue weighted by molar-refractivity contribution is 7.92. The molecule has 178 valence electrons. The smallest absolute Gasteiger partial charge is 0.265 e. The molecule has 0 atom stereocenters. The van der Waals surface area contributed by atoms with E-state index in [4.69, 9.17) is 7.85 Å². The minimum Gasteiger partial charge on any atom is -0.507 e. The first kappa shape index (κ1) is 23.2. The molecule has 0 bridgehead atoms. The summed E-state index contributed by atoms with van der Waals surface area (Å²) in [6, 6.07) is 21.2. The van der Waals surface area contributed by atoms with Gasteiger partial charge in [0.15, 0.2) is 5.65 Å². The van der Waals surface area contributed by atoms with E-state index in [1.807, 2.05) is 6.07 Å². The molecule has 0 amide bonds. The van der Waals surface area contributed by atoms with Gasteiger partial charge in [-0.1, -0.05) is 36.4 Å². The lowest BCUT2D eigenvalue weighted by atomic mass is 10.0. The molecule has 0 unspecified atom stereocenters. The van der Waals surface area contributed by atoms with Gasteiger partial charge < -0.3 is 15.5 Å². The maximum atomic E-state index is 12.6. The molecule has 2 aromatic heterocycles. The van der Waals surface area contributed by atoms with Crippen molar-refractivity contribution < 1.29 is 18.6 Å². The summed E-state index contributed by atoms with van der Waals surface area (Å²) in [7, 11) is 2.11. The van der Waals surface area contributed by atoms with Crippen molar-refractivity contribution in [3.63, 3.8) is 0 Å². The summed E-state index contributed by atoms with van der Waals surface area (Å²) in [5.41, 5.74) is 3.17. The number of benzene rings is 3. The van der Waals surface area contributed by atoms with Gasteiger partial charge in [-0.15, -0.1) is 0 Å². The highest BCUT2D eigenvalue weighted by Crippen LogP contribution is 2.29. The zero-order valence-electron chi connectivity index (χ0n) is 18.8. The van der Waals surface area contributed by atoms with Crippen molar-refractivity contribution in [3.05, 3.63) is 90.6 Å². The van der Waals surface area contributed by atoms with Crippen molar-refractivity contribution in [3.8, 4) is 22.8 Å². The van der Waals surface area contributed by atoms with Crippen LogP contribution < -0.4 is 15.5 Å². The SMILES string of the molecule is [B]c1cnn2c(NCc3ccc(NS(=O)(=O)c4ccccc4O)cc3)cc(-c3ccccc3O)nc12. The van der Waals surface area contributed by atoms with Gasteiger partial charge in [0.2, 0.25) is 0 Å². The van der Waals surface area contributed by atoms with E-state index in [1.54, 1.807) is 59.1 Å². The number of hydrogen-bond acceptors (Lipinski definition) is 7. The number of para-hydroxylation sites is 2. The van der Waals surface area contributed by atoms with E-state index in [2.05, 4.69) is 20.1 Å². The van der Waals surface area contributed by atoms with Crippen molar-refractivity contribution in [1.29, 1.82) is 0 Å². The zero-order chi connectivity index (χ0) is 25.3. The van der Waals surface area contributed by atoms with Crippen LogP contribution in [-0.4, -0.2) is 41.1 Å². The standard InChI is InChI=1S/C25H20BN5O4S/c26-19-15-28-31-24(13-20(29-25(19)31)18-5-1-2-6-21(18)32)27-14-16-9-11-17(12-10-16)30-36(34,35)23-8-4-3-7-22(23)33/h1-13,15,27,30,32-33H,14H2. The number of aromatic hydroxyl groups is 2. The van der Waals surface area contributed by atoms with Crippen LogP contribution in [0, 0.1) is 0 Å². The monoisotopic (exact) mass is 497 g/mol. The molecule has 0 spiro atoms. The van der Waals surface area contributed by atoms with Gasteiger partial charge in [-0.05, 0) is 47.4 Å². The Labute approximate surface area is 208 Å². The highest BCUT2D eigenvalue weighted by atomic mass is 32.2. The first-order chi connectivity index (χ1) is 17.3. The number of hydrogen-bond donors (Lipinski definition) is 4. The van der Waals surface area contributed by atoms with Gasteiger partial charge in [-0.3, -0.25) is 4.72 Å². The Kier molecular flexibility index (Phi) is 5.99. The zero-order valence-corrected chi connectivity index (χ0v) is 19.6. The van der Waals surface area contributed by atoms with Gasteiger partial charge in [0.05, 0.1) is 5.69 Å². The lowest BCUT2D eigenvalue weighted by Gasteiger charge is -2.13. The van der Waals surface area contributed by atoms with Crippen LogP contribution in [0.4, 0.5) is 11.5 Å². The number of nitrogens with one attached hydrogen (secondary N) is 2. The number of phenols is 2. The van der Waals surface area contributed by atoms with Crippen molar-refractivity contribution in [2.75, 3.05) is 10.0 Å². The van der Waals surface area contributed by atoms with Gasteiger partial charge >= 0.3 is 0 Å². The molecule has 2 heterocycles. The summed E-state index contributed by atoms with van der Waals surface area (Å²) in [5.74, 6) is 0.386. The molecule has 36 heavy (non-hydrogen) atoms. The average Bonchev–Trinajstić information content (AvgIpc) is 3.24. The lowest BCUT2D eigenvalue weighted by Crippen LogP contribution is -2.13. The van der Waals surface area contributed by atoms with Crippen LogP contribution in [0.2, 0.25) is 0 Å². The molecule has 3 aromatic carbocycles. The quantitative estimate of drug-likeness (QED) is 0.255. The van der Waals surface area contributed by atoms with Gasteiger partial charge in [0.1, 0.15) is 30.1 Å². The second-order valence-corrected chi connectivity index (χ2v) is 9.65. The molecule has 2 radical (unpaired) electrons. The molecule has 0 saturated heterocycles. The van der Waals surface area contributed by atoms with E-state index in [9.17, 15) is 18.6 Å². The summed E-state index contributed by atoms with van der Waals surface area (Å²) in [6.45, 7) is 0.394. The summed E-state index contributed by atoms with van der Waals surface area (Å²) in [4.78, 5) is 4.35. The molecule has 11 heteroatoms. The first-order valence-corrected chi connectivity index (χ1v) is 12.4. The molecule has 0 aliphatic heterocycles. The second-order valence-electron chi connectivity index (χ2n) is 8.00. The fraction of sp³-hybridized carbons (Fsp3) is 0.0400. The van der Waals surface area contributed by atoms with Crippen LogP contribution in [0.5, 0.6) is 11.5 Å². The molecule has 5 aromatic rings. The number of rotatable bonds is 7. The first-order valence-electron chi connectivity index (χ1n) is 10.9. The predicted octanol–water partition coefficient (Wildman–Crippen LogP) is 3.01. The molecule has 0 saturated carbocycles. The minimum absolute atomic E-state index is 0.0975. The van der Waals surface area contributed by atoms with E-state index in [0.717, 1.165) is 5.56 Å². The van der Waals surface area contributed by atoms with Crippen LogP contribution in [0.25, 0.3) is 16.9 Å². The van der Waals surface area contributed by atoms with Crippen LogP contribution in [0.1, 0.15) is 5.56 Å². The van der Waals surface area contributed by atoms with Gasteiger partial charge in [-0.25, -0.2) is 13.4 Å². The fourth-order valence-electron chi connectivity index (χ4n) is 3.71. The second kappa shape index (κ2) is 9.27. The van der Waals surface area contributed by atoms with Crippen molar-refractivity contribution in [2.24, 2.45) is 0 Å². The highest BCUT2D eigenvalue weighted by Gasteiger charge is 2.18. The Hall–Kier alpha value is -4.51. The Morgan fingerprint density at radius 2 is 1.61 bits per heavy atom. The normalized spacial score (nSPS) is 11.4. The van der Waals surface area contributed by atoms with Crippen LogP contribution in [0.3, 0.4) is 0 Å². The molecular weight excluding hydrogens is 477 g/mol. The molecular formula is C25H20BN5O4S. The van der Waals surface area contributed by atoms with E-state index in [1.165, 1.54) is 24.4 Å². The largest absolute Gasteiger partial charge is 0.507 e. The number of phenolic OH excluding ortho intramolecular Hbond substituents is 2. The maximum absolute atomic E-state index is 12.6. The van der Waals surface area contributed by atoms with E-state index in [0.29, 0.717) is 40.4 Å². The molecule has 4 N–H and O–H groups in total. The summed E-state index contributed by atoms with van der Waals surface area (Å²) < 4.78 is 29.2. The summed E-state index contributed by atoms with van der Waals surface area (Å²) >= 11 is 0. The molecule has 0 aliphatic rings. The Morgan fingerprint density at radius 1 is 0.917 bits per heavy atom. The van der Waals surface area contributed by atoms with Crippen LogP contribution >= 0.6 is 0 Å². The third kappa shape index (κ3) is 4.56. The number of aromatic nitrogens is 3. The van der Waals surface area contributed by atoms with E-state index >= 15 is 0 Å². The number of anilines is 2. The lowest BCUT2D eigenvalue weighted by molar-refractivity contribution is 0.459. The fourth-order valence-corrected chi connectivity index (χ4v) is 4.87. The Balaban J connectivity index is 1.36. The Bertz CT molecular complexity index is 1670. The minimum atomic E-state index is -3.94. The van der Waals surface area contributed by atoms with Crippen LogP contribution in [0.15, 0.2) is 90.0 Å². The van der Waals surface area contributed by atoms with Crippen LogP contribution in [-0.2, 0) is 16.6 Å². The van der Waals surface area contributed by atoms with E-state index in [-0.39, 0.29) is 16.4 Å². The number of fused-ring (bicyclic) bond motifs is 1.